The molecular weight excluding hydrogens is 464 g/mol. The number of hydrogen-bond donors (Lipinski definition) is 0. The Balaban J connectivity index is 1.63. The minimum atomic E-state index is -3.54. The van der Waals surface area contributed by atoms with E-state index in [1.54, 1.807) is 23.4 Å². The maximum absolute atomic E-state index is 13.2. The summed E-state index contributed by atoms with van der Waals surface area (Å²) in [5, 5.41) is 0. The van der Waals surface area contributed by atoms with Crippen LogP contribution in [-0.4, -0.2) is 59.4 Å². The number of carbonyl (C=O) groups is 1. The second kappa shape index (κ2) is 11.3. The van der Waals surface area contributed by atoms with Crippen LogP contribution in [0.4, 0.5) is 0 Å². The van der Waals surface area contributed by atoms with Gasteiger partial charge in [-0.05, 0) is 50.5 Å². The maximum Gasteiger partial charge on any atom is 0.320 e. The first kappa shape index (κ1) is 25.3. The van der Waals surface area contributed by atoms with E-state index in [9.17, 15) is 13.2 Å². The number of aromatic nitrogens is 2. The zero-order valence-corrected chi connectivity index (χ0v) is 21.3. The van der Waals surface area contributed by atoms with E-state index in [-0.39, 0.29) is 17.4 Å². The molecule has 2 aromatic carbocycles. The number of nitrogens with zero attached hydrogens (tertiary/aromatic N) is 4. The number of imidazole rings is 1. The van der Waals surface area contributed by atoms with Gasteiger partial charge < -0.3 is 9.30 Å². The standard InChI is InChI=1S/C26H34N4O4S/c1-3-30-24-14-13-22(35(32,33)29-15-9-6-10-16-29)17-23(24)27-25(30)19-28(20-26(31)34-4-2)18-21-11-7-5-8-12-21/h5,7-8,11-14,17H,3-4,6,9-10,15-16,18-20H2,1-2H3. The lowest BCUT2D eigenvalue weighted by Crippen LogP contribution is -2.35. The summed E-state index contributed by atoms with van der Waals surface area (Å²) in [5.74, 6) is 0.507. The van der Waals surface area contributed by atoms with Crippen molar-refractivity contribution >= 4 is 27.0 Å². The predicted molar refractivity (Wildman–Crippen MR) is 135 cm³/mol. The van der Waals surface area contributed by atoms with Crippen molar-refractivity contribution in [2.24, 2.45) is 0 Å². The fourth-order valence-corrected chi connectivity index (χ4v) is 6.18. The van der Waals surface area contributed by atoms with Crippen LogP contribution in [-0.2, 0) is 39.2 Å². The molecule has 35 heavy (non-hydrogen) atoms. The lowest BCUT2D eigenvalue weighted by Gasteiger charge is -2.25. The van der Waals surface area contributed by atoms with Crippen LogP contribution in [0, 0.1) is 0 Å². The van der Waals surface area contributed by atoms with Gasteiger partial charge in [-0.3, -0.25) is 9.69 Å². The third-order valence-electron chi connectivity index (χ3n) is 6.34. The minimum absolute atomic E-state index is 0.143. The van der Waals surface area contributed by atoms with Gasteiger partial charge in [0, 0.05) is 26.2 Å². The number of hydrogen-bond acceptors (Lipinski definition) is 6. The second-order valence-corrected chi connectivity index (χ2v) is 10.8. The molecule has 1 aromatic heterocycles. The van der Waals surface area contributed by atoms with E-state index in [0.29, 0.717) is 44.8 Å². The van der Waals surface area contributed by atoms with Crippen LogP contribution >= 0.6 is 0 Å². The van der Waals surface area contributed by atoms with Crippen LogP contribution in [0.25, 0.3) is 11.0 Å². The molecule has 8 nitrogen and oxygen atoms in total. The van der Waals surface area contributed by atoms with Crippen LogP contribution in [0.2, 0.25) is 0 Å². The number of ether oxygens (including phenoxy) is 1. The fourth-order valence-electron chi connectivity index (χ4n) is 4.65. The predicted octanol–water partition coefficient (Wildman–Crippen LogP) is 3.80. The highest BCUT2D eigenvalue weighted by atomic mass is 32.2. The Bertz CT molecular complexity index is 1250. The zero-order valence-electron chi connectivity index (χ0n) is 20.5. The molecule has 0 radical (unpaired) electrons. The van der Waals surface area contributed by atoms with Crippen molar-refractivity contribution in [1.82, 2.24) is 18.8 Å². The Morgan fingerprint density at radius 1 is 1.03 bits per heavy atom. The number of sulfonamides is 1. The third-order valence-corrected chi connectivity index (χ3v) is 8.23. The van der Waals surface area contributed by atoms with Gasteiger partial charge in [0.1, 0.15) is 5.82 Å². The van der Waals surface area contributed by atoms with Crippen LogP contribution in [0.1, 0.15) is 44.5 Å². The Morgan fingerprint density at radius 2 is 1.77 bits per heavy atom. The van der Waals surface area contributed by atoms with Gasteiger partial charge in [-0.15, -0.1) is 0 Å². The summed E-state index contributed by atoms with van der Waals surface area (Å²) in [6.45, 7) is 7.13. The largest absolute Gasteiger partial charge is 0.465 e. The Morgan fingerprint density at radius 3 is 2.46 bits per heavy atom. The first-order valence-electron chi connectivity index (χ1n) is 12.3. The van der Waals surface area contributed by atoms with E-state index >= 15 is 0 Å². The lowest BCUT2D eigenvalue weighted by molar-refractivity contribution is -0.144. The molecule has 0 N–H and O–H groups in total. The Labute approximate surface area is 207 Å². The Kier molecular flexibility index (Phi) is 8.20. The van der Waals surface area contributed by atoms with Crippen molar-refractivity contribution in [2.75, 3.05) is 26.2 Å². The SMILES string of the molecule is CCOC(=O)CN(Cc1ccccc1)Cc1nc2cc(S(=O)(=O)N3CCCCC3)ccc2n1CC. The maximum atomic E-state index is 13.2. The molecule has 188 valence electrons. The highest BCUT2D eigenvalue weighted by Gasteiger charge is 2.27. The molecule has 0 saturated carbocycles. The van der Waals surface area contributed by atoms with Gasteiger partial charge >= 0.3 is 5.97 Å². The summed E-state index contributed by atoms with van der Waals surface area (Å²) in [5.41, 5.74) is 2.62. The average Bonchev–Trinajstić information content (AvgIpc) is 3.21. The van der Waals surface area contributed by atoms with E-state index in [0.717, 1.165) is 36.2 Å². The molecule has 9 heteroatoms. The second-order valence-electron chi connectivity index (χ2n) is 8.82. The number of fused-ring (bicyclic) bond motifs is 1. The molecule has 0 spiro atoms. The number of piperidine rings is 1. The van der Waals surface area contributed by atoms with Crippen molar-refractivity contribution in [1.29, 1.82) is 0 Å². The third kappa shape index (κ3) is 5.91. The highest BCUT2D eigenvalue weighted by molar-refractivity contribution is 7.89. The van der Waals surface area contributed by atoms with E-state index in [2.05, 4.69) is 4.57 Å². The average molecular weight is 499 g/mol. The van der Waals surface area contributed by atoms with Gasteiger partial charge in [-0.2, -0.15) is 4.31 Å². The van der Waals surface area contributed by atoms with E-state index in [4.69, 9.17) is 9.72 Å². The Hall–Kier alpha value is -2.75. The normalized spacial score (nSPS) is 15.1. The number of aryl methyl sites for hydroxylation is 1. The van der Waals surface area contributed by atoms with E-state index in [1.807, 2.05) is 48.2 Å². The summed E-state index contributed by atoms with van der Waals surface area (Å²) >= 11 is 0. The molecule has 4 rings (SSSR count). The minimum Gasteiger partial charge on any atom is -0.465 e. The van der Waals surface area contributed by atoms with Gasteiger partial charge in [0.15, 0.2) is 0 Å². The number of rotatable bonds is 10. The molecule has 2 heterocycles. The molecule has 1 saturated heterocycles. The quantitative estimate of drug-likeness (QED) is 0.396. The summed E-state index contributed by atoms with van der Waals surface area (Å²) in [6.07, 6.45) is 2.86. The van der Waals surface area contributed by atoms with E-state index < -0.39 is 10.0 Å². The number of carbonyl (C=O) groups excluding carboxylic acids is 1. The van der Waals surface area contributed by atoms with Gasteiger partial charge in [-0.25, -0.2) is 13.4 Å². The summed E-state index contributed by atoms with van der Waals surface area (Å²) in [6, 6.07) is 15.2. The number of esters is 1. The number of benzene rings is 2. The molecule has 1 fully saturated rings. The van der Waals surface area contributed by atoms with Crippen LogP contribution in [0.15, 0.2) is 53.4 Å². The molecule has 0 atom stereocenters. The highest BCUT2D eigenvalue weighted by Crippen LogP contribution is 2.25. The van der Waals surface area contributed by atoms with E-state index in [1.165, 1.54) is 0 Å². The van der Waals surface area contributed by atoms with Gasteiger partial charge in [0.2, 0.25) is 10.0 Å². The monoisotopic (exact) mass is 498 g/mol. The molecular formula is C26H34N4O4S. The lowest BCUT2D eigenvalue weighted by atomic mass is 10.2. The molecule has 0 bridgehead atoms. The molecule has 1 aliphatic rings. The van der Waals surface area contributed by atoms with Crippen molar-refractivity contribution < 1.29 is 17.9 Å². The van der Waals surface area contributed by atoms with Gasteiger partial charge in [-0.1, -0.05) is 36.8 Å². The van der Waals surface area contributed by atoms with Gasteiger partial charge in [0.25, 0.3) is 0 Å². The smallest absolute Gasteiger partial charge is 0.320 e. The fraction of sp³-hybridized carbons (Fsp3) is 0.462. The molecule has 0 amide bonds. The van der Waals surface area contributed by atoms with Crippen LogP contribution < -0.4 is 0 Å². The van der Waals surface area contributed by atoms with Crippen molar-refractivity contribution in [3.05, 3.63) is 59.9 Å². The van der Waals surface area contributed by atoms with Crippen molar-refractivity contribution in [2.45, 2.75) is 57.6 Å². The summed E-state index contributed by atoms with van der Waals surface area (Å²) < 4.78 is 35.2. The first-order valence-corrected chi connectivity index (χ1v) is 13.8. The molecule has 0 unspecified atom stereocenters. The van der Waals surface area contributed by atoms with Crippen LogP contribution in [0.3, 0.4) is 0 Å². The van der Waals surface area contributed by atoms with Gasteiger partial charge in [0.05, 0.1) is 35.6 Å². The molecule has 0 aliphatic carbocycles. The summed E-state index contributed by atoms with van der Waals surface area (Å²) in [7, 11) is -3.54. The first-order chi connectivity index (χ1) is 16.9. The molecule has 1 aliphatic heterocycles. The summed E-state index contributed by atoms with van der Waals surface area (Å²) in [4.78, 5) is 19.4. The van der Waals surface area contributed by atoms with Crippen molar-refractivity contribution in [3.8, 4) is 0 Å². The zero-order chi connectivity index (χ0) is 24.8. The topological polar surface area (TPSA) is 84.7 Å². The molecule has 3 aromatic rings. The van der Waals surface area contributed by atoms with Crippen LogP contribution in [0.5, 0.6) is 0 Å². The van der Waals surface area contributed by atoms with Crippen molar-refractivity contribution in [3.63, 3.8) is 0 Å².